The molecule has 0 heterocycles. The molecule has 0 aliphatic heterocycles. The summed E-state index contributed by atoms with van der Waals surface area (Å²) in [6.45, 7) is 10.6. The Labute approximate surface area is 95.7 Å². The van der Waals surface area contributed by atoms with Crippen LogP contribution in [0.4, 0.5) is 0 Å². The van der Waals surface area contributed by atoms with Crippen molar-refractivity contribution in [1.29, 1.82) is 0 Å². The molecule has 0 fully saturated rings. The Bertz CT molecular complexity index is 107. The van der Waals surface area contributed by atoms with Crippen molar-refractivity contribution in [2.45, 2.75) is 46.5 Å². The highest BCUT2D eigenvalue weighted by atomic mass is 32.1. The number of nitrogens with zero attached hydrogens (tertiary/aromatic N) is 1. The lowest BCUT2D eigenvalue weighted by Crippen LogP contribution is -2.28. The van der Waals surface area contributed by atoms with Gasteiger partial charge in [0.1, 0.15) is 0 Å². The van der Waals surface area contributed by atoms with Crippen LogP contribution in [-0.4, -0.2) is 30.3 Å². The Morgan fingerprint density at radius 3 is 1.93 bits per heavy atom. The second kappa shape index (κ2) is 9.85. The first-order chi connectivity index (χ1) is 6.78. The monoisotopic (exact) mass is 217 g/mol. The molecule has 0 aliphatic carbocycles. The minimum absolute atomic E-state index is 0.814. The molecule has 1 unspecified atom stereocenters. The van der Waals surface area contributed by atoms with Crippen LogP contribution in [0.2, 0.25) is 0 Å². The van der Waals surface area contributed by atoms with E-state index in [1.807, 2.05) is 0 Å². The zero-order valence-electron chi connectivity index (χ0n) is 10.1. The first-order valence-electron chi connectivity index (χ1n) is 6.11. The highest BCUT2D eigenvalue weighted by Crippen LogP contribution is 2.11. The average Bonchev–Trinajstić information content (AvgIpc) is 2.20. The quantitative estimate of drug-likeness (QED) is 0.579. The molecule has 0 aromatic carbocycles. The third kappa shape index (κ3) is 6.72. The van der Waals surface area contributed by atoms with Crippen LogP contribution >= 0.6 is 12.6 Å². The molecular weight excluding hydrogens is 190 g/mol. The Morgan fingerprint density at radius 1 is 1.00 bits per heavy atom. The van der Waals surface area contributed by atoms with Gasteiger partial charge in [0.2, 0.25) is 0 Å². The minimum Gasteiger partial charge on any atom is -0.303 e. The summed E-state index contributed by atoms with van der Waals surface area (Å²) in [5.74, 6) is 1.86. The summed E-state index contributed by atoms with van der Waals surface area (Å²) in [5.41, 5.74) is 0. The van der Waals surface area contributed by atoms with Gasteiger partial charge in [0.15, 0.2) is 0 Å². The second-order valence-electron chi connectivity index (χ2n) is 4.09. The molecule has 0 spiro atoms. The smallest absolute Gasteiger partial charge is 0.00158 e. The molecule has 86 valence electrons. The summed E-state index contributed by atoms with van der Waals surface area (Å²) < 4.78 is 0. The molecule has 14 heavy (non-hydrogen) atoms. The molecular formula is C12H27NS. The van der Waals surface area contributed by atoms with Gasteiger partial charge in [-0.15, -0.1) is 0 Å². The van der Waals surface area contributed by atoms with Gasteiger partial charge in [-0.1, -0.05) is 27.2 Å². The first kappa shape index (κ1) is 14.3. The molecule has 1 nitrogen and oxygen atoms in total. The van der Waals surface area contributed by atoms with Crippen LogP contribution in [0.25, 0.3) is 0 Å². The van der Waals surface area contributed by atoms with E-state index in [4.69, 9.17) is 0 Å². The van der Waals surface area contributed by atoms with Gasteiger partial charge in [0, 0.05) is 0 Å². The standard InChI is InChI=1S/C12H27NS/c1-4-8-13(9-5-2)10-7-12(6-3)11-14/h12,14H,4-11H2,1-3H3. The van der Waals surface area contributed by atoms with E-state index in [9.17, 15) is 0 Å². The number of hydrogen-bond donors (Lipinski definition) is 1. The summed E-state index contributed by atoms with van der Waals surface area (Å²) in [5, 5.41) is 0. The molecule has 2 heteroatoms. The predicted octanol–water partition coefficient (Wildman–Crippen LogP) is 3.45. The van der Waals surface area contributed by atoms with Gasteiger partial charge >= 0.3 is 0 Å². The Balaban J connectivity index is 3.67. The van der Waals surface area contributed by atoms with Gasteiger partial charge in [-0.25, -0.2) is 0 Å². The van der Waals surface area contributed by atoms with Crippen molar-refractivity contribution in [3.63, 3.8) is 0 Å². The fourth-order valence-corrected chi connectivity index (χ4v) is 2.20. The van der Waals surface area contributed by atoms with Gasteiger partial charge in [0.25, 0.3) is 0 Å². The van der Waals surface area contributed by atoms with E-state index in [1.54, 1.807) is 0 Å². The van der Waals surface area contributed by atoms with Gasteiger partial charge in [-0.3, -0.25) is 0 Å². The summed E-state index contributed by atoms with van der Waals surface area (Å²) in [6, 6.07) is 0. The first-order valence-corrected chi connectivity index (χ1v) is 6.74. The van der Waals surface area contributed by atoms with Crippen molar-refractivity contribution < 1.29 is 0 Å². The lowest BCUT2D eigenvalue weighted by Gasteiger charge is -2.23. The van der Waals surface area contributed by atoms with Crippen molar-refractivity contribution in [1.82, 2.24) is 4.90 Å². The zero-order chi connectivity index (χ0) is 10.8. The molecule has 0 aromatic heterocycles. The van der Waals surface area contributed by atoms with E-state index in [0.29, 0.717) is 0 Å². The van der Waals surface area contributed by atoms with Crippen LogP contribution in [0.1, 0.15) is 46.5 Å². The van der Waals surface area contributed by atoms with Crippen LogP contribution in [-0.2, 0) is 0 Å². The van der Waals surface area contributed by atoms with E-state index in [2.05, 4.69) is 38.3 Å². The maximum absolute atomic E-state index is 4.38. The Hall–Kier alpha value is 0.310. The van der Waals surface area contributed by atoms with Crippen LogP contribution < -0.4 is 0 Å². The molecule has 1 atom stereocenters. The van der Waals surface area contributed by atoms with E-state index < -0.39 is 0 Å². The van der Waals surface area contributed by atoms with Gasteiger partial charge in [-0.2, -0.15) is 12.6 Å². The van der Waals surface area contributed by atoms with E-state index in [-0.39, 0.29) is 0 Å². The van der Waals surface area contributed by atoms with Crippen molar-refractivity contribution in [3.8, 4) is 0 Å². The fraction of sp³-hybridized carbons (Fsp3) is 1.00. The van der Waals surface area contributed by atoms with Crippen molar-refractivity contribution >= 4 is 12.6 Å². The molecule has 0 bridgehead atoms. The number of rotatable bonds is 9. The SMILES string of the molecule is CCCN(CCC)CCC(CC)CS. The average molecular weight is 217 g/mol. The largest absolute Gasteiger partial charge is 0.303 e. The van der Waals surface area contributed by atoms with Crippen molar-refractivity contribution in [2.24, 2.45) is 5.92 Å². The van der Waals surface area contributed by atoms with Crippen molar-refractivity contribution in [3.05, 3.63) is 0 Å². The van der Waals surface area contributed by atoms with Crippen molar-refractivity contribution in [2.75, 3.05) is 25.4 Å². The summed E-state index contributed by atoms with van der Waals surface area (Å²) in [7, 11) is 0. The number of thiol groups is 1. The zero-order valence-corrected chi connectivity index (χ0v) is 11.0. The van der Waals surface area contributed by atoms with Crippen LogP contribution in [0.15, 0.2) is 0 Å². The predicted molar refractivity (Wildman–Crippen MR) is 69.3 cm³/mol. The number of hydrogen-bond acceptors (Lipinski definition) is 2. The molecule has 0 aliphatic rings. The molecule has 0 saturated carbocycles. The van der Waals surface area contributed by atoms with Crippen LogP contribution in [0, 0.1) is 5.92 Å². The third-order valence-corrected chi connectivity index (χ3v) is 3.29. The summed E-state index contributed by atoms with van der Waals surface area (Å²) in [6.07, 6.45) is 5.14. The van der Waals surface area contributed by atoms with E-state index >= 15 is 0 Å². The van der Waals surface area contributed by atoms with Crippen LogP contribution in [0.5, 0.6) is 0 Å². The van der Waals surface area contributed by atoms with E-state index in [0.717, 1.165) is 11.7 Å². The molecule has 0 saturated heterocycles. The second-order valence-corrected chi connectivity index (χ2v) is 4.45. The molecule has 0 amide bonds. The molecule has 0 radical (unpaired) electrons. The Kier molecular flexibility index (Phi) is 10.1. The summed E-state index contributed by atoms with van der Waals surface area (Å²) >= 11 is 4.38. The lowest BCUT2D eigenvalue weighted by atomic mass is 10.0. The minimum atomic E-state index is 0.814. The topological polar surface area (TPSA) is 3.24 Å². The van der Waals surface area contributed by atoms with Crippen LogP contribution in [0.3, 0.4) is 0 Å². The highest BCUT2D eigenvalue weighted by Gasteiger charge is 2.07. The Morgan fingerprint density at radius 2 is 1.57 bits per heavy atom. The van der Waals surface area contributed by atoms with Gasteiger partial charge in [0.05, 0.1) is 0 Å². The van der Waals surface area contributed by atoms with E-state index in [1.165, 1.54) is 45.3 Å². The lowest BCUT2D eigenvalue weighted by molar-refractivity contribution is 0.255. The molecule has 0 N–H and O–H groups in total. The highest BCUT2D eigenvalue weighted by molar-refractivity contribution is 7.80. The van der Waals surface area contributed by atoms with Gasteiger partial charge < -0.3 is 4.90 Å². The fourth-order valence-electron chi connectivity index (χ4n) is 1.76. The maximum atomic E-state index is 4.38. The normalized spacial score (nSPS) is 13.5. The van der Waals surface area contributed by atoms with Gasteiger partial charge in [-0.05, 0) is 50.6 Å². The summed E-state index contributed by atoms with van der Waals surface area (Å²) in [4.78, 5) is 2.59. The molecule has 0 rings (SSSR count). The third-order valence-electron chi connectivity index (χ3n) is 2.77. The maximum Gasteiger partial charge on any atom is -0.00158 e. The molecule has 0 aromatic rings.